The zero-order valence-corrected chi connectivity index (χ0v) is 13.6. The molecular weight excluding hydrogens is 303 g/mol. The number of hydrogen-bond acceptors (Lipinski definition) is 2. The third-order valence-corrected chi connectivity index (χ3v) is 5.20. The number of halogens is 1. The molecule has 4 heteroatoms. The van der Waals surface area contributed by atoms with Crippen LogP contribution in [-0.4, -0.2) is 41.4 Å². The van der Waals surface area contributed by atoms with E-state index in [4.69, 9.17) is 0 Å². The molecule has 0 aromatic heterocycles. The summed E-state index contributed by atoms with van der Waals surface area (Å²) in [6.07, 6.45) is 2.06. The summed E-state index contributed by atoms with van der Waals surface area (Å²) in [5, 5.41) is 0. The van der Waals surface area contributed by atoms with E-state index in [1.54, 1.807) is 12.1 Å². The molecule has 2 aliphatic rings. The highest BCUT2D eigenvalue weighted by atomic mass is 19.1. The largest absolute Gasteiger partial charge is 0.337 e. The van der Waals surface area contributed by atoms with Gasteiger partial charge in [0, 0.05) is 37.8 Å². The SMILES string of the molecule is O=C(c1cccc(F)c1)N1CCC(N2CCc3ccccc3C2)C1. The Kier molecular flexibility index (Phi) is 4.07. The Labute approximate surface area is 141 Å². The summed E-state index contributed by atoms with van der Waals surface area (Å²) >= 11 is 0. The van der Waals surface area contributed by atoms with Crippen molar-refractivity contribution in [2.45, 2.75) is 25.4 Å². The van der Waals surface area contributed by atoms with Crippen LogP contribution in [0.1, 0.15) is 27.9 Å². The minimum Gasteiger partial charge on any atom is -0.337 e. The zero-order chi connectivity index (χ0) is 16.5. The molecule has 0 spiro atoms. The molecule has 1 amide bonds. The highest BCUT2D eigenvalue weighted by Gasteiger charge is 2.32. The Bertz CT molecular complexity index is 761. The minimum atomic E-state index is -0.357. The second kappa shape index (κ2) is 6.36. The second-order valence-electron chi connectivity index (χ2n) is 6.69. The van der Waals surface area contributed by atoms with Gasteiger partial charge in [-0.25, -0.2) is 4.39 Å². The summed E-state index contributed by atoms with van der Waals surface area (Å²) in [6.45, 7) is 3.49. The van der Waals surface area contributed by atoms with Gasteiger partial charge in [0.2, 0.25) is 0 Å². The average molecular weight is 324 g/mol. The Balaban J connectivity index is 1.43. The van der Waals surface area contributed by atoms with Crippen LogP contribution in [0.15, 0.2) is 48.5 Å². The van der Waals surface area contributed by atoms with Gasteiger partial charge in [-0.2, -0.15) is 0 Å². The van der Waals surface area contributed by atoms with Gasteiger partial charge in [0.15, 0.2) is 0 Å². The molecule has 0 N–H and O–H groups in total. The highest BCUT2D eigenvalue weighted by Crippen LogP contribution is 2.25. The molecule has 2 aromatic carbocycles. The number of rotatable bonds is 2. The number of likely N-dealkylation sites (tertiary alicyclic amines) is 1. The van der Waals surface area contributed by atoms with E-state index < -0.39 is 0 Å². The van der Waals surface area contributed by atoms with Gasteiger partial charge in [0.25, 0.3) is 5.91 Å². The van der Waals surface area contributed by atoms with Gasteiger partial charge in [-0.05, 0) is 42.2 Å². The van der Waals surface area contributed by atoms with E-state index in [1.807, 2.05) is 4.90 Å². The van der Waals surface area contributed by atoms with Crippen LogP contribution >= 0.6 is 0 Å². The Hall–Kier alpha value is -2.20. The lowest BCUT2D eigenvalue weighted by atomic mass is 9.98. The number of fused-ring (bicyclic) bond motifs is 1. The first-order valence-electron chi connectivity index (χ1n) is 8.56. The Morgan fingerprint density at radius 1 is 1.04 bits per heavy atom. The number of amides is 1. The summed E-state index contributed by atoms with van der Waals surface area (Å²) in [4.78, 5) is 16.9. The van der Waals surface area contributed by atoms with Crippen molar-refractivity contribution in [3.05, 3.63) is 71.0 Å². The van der Waals surface area contributed by atoms with Crippen molar-refractivity contribution in [1.82, 2.24) is 9.80 Å². The molecule has 0 bridgehead atoms. The Morgan fingerprint density at radius 3 is 2.71 bits per heavy atom. The molecule has 0 radical (unpaired) electrons. The van der Waals surface area contributed by atoms with Crippen LogP contribution in [0.3, 0.4) is 0 Å². The van der Waals surface area contributed by atoms with Crippen LogP contribution in [0, 0.1) is 5.82 Å². The maximum Gasteiger partial charge on any atom is 0.254 e. The number of nitrogens with zero attached hydrogens (tertiary/aromatic N) is 2. The van der Waals surface area contributed by atoms with Crippen LogP contribution in [0.2, 0.25) is 0 Å². The predicted molar refractivity (Wildman–Crippen MR) is 91.3 cm³/mol. The second-order valence-corrected chi connectivity index (χ2v) is 6.69. The van der Waals surface area contributed by atoms with E-state index in [2.05, 4.69) is 29.2 Å². The highest BCUT2D eigenvalue weighted by molar-refractivity contribution is 5.94. The van der Waals surface area contributed by atoms with E-state index >= 15 is 0 Å². The van der Waals surface area contributed by atoms with Gasteiger partial charge in [0.1, 0.15) is 5.82 Å². The number of hydrogen-bond donors (Lipinski definition) is 0. The molecule has 2 heterocycles. The summed E-state index contributed by atoms with van der Waals surface area (Å²) in [7, 11) is 0. The van der Waals surface area contributed by atoms with Crippen molar-refractivity contribution in [3.63, 3.8) is 0 Å². The quantitative estimate of drug-likeness (QED) is 0.847. The average Bonchev–Trinajstić information content (AvgIpc) is 3.11. The fourth-order valence-corrected chi connectivity index (χ4v) is 3.86. The smallest absolute Gasteiger partial charge is 0.254 e. The van der Waals surface area contributed by atoms with Crippen molar-refractivity contribution in [2.24, 2.45) is 0 Å². The van der Waals surface area contributed by atoms with E-state index in [-0.39, 0.29) is 11.7 Å². The predicted octanol–water partition coefficient (Wildman–Crippen LogP) is 3.10. The van der Waals surface area contributed by atoms with Gasteiger partial charge in [-0.1, -0.05) is 30.3 Å². The summed E-state index contributed by atoms with van der Waals surface area (Å²) in [5.41, 5.74) is 3.29. The van der Waals surface area contributed by atoms with Gasteiger partial charge >= 0.3 is 0 Å². The Morgan fingerprint density at radius 2 is 1.88 bits per heavy atom. The third kappa shape index (κ3) is 2.94. The molecule has 2 aromatic rings. The first kappa shape index (κ1) is 15.3. The first-order chi connectivity index (χ1) is 11.7. The topological polar surface area (TPSA) is 23.6 Å². The van der Waals surface area contributed by atoms with Gasteiger partial charge in [-0.15, -0.1) is 0 Å². The number of carbonyl (C=O) groups excluding carboxylic acids is 1. The maximum atomic E-state index is 13.3. The van der Waals surface area contributed by atoms with Crippen molar-refractivity contribution in [3.8, 4) is 0 Å². The van der Waals surface area contributed by atoms with Crippen molar-refractivity contribution in [1.29, 1.82) is 0 Å². The van der Waals surface area contributed by atoms with E-state index in [0.717, 1.165) is 39.0 Å². The van der Waals surface area contributed by atoms with Gasteiger partial charge < -0.3 is 4.90 Å². The van der Waals surface area contributed by atoms with Crippen molar-refractivity contribution >= 4 is 5.91 Å². The summed E-state index contributed by atoms with van der Waals surface area (Å²) in [6, 6.07) is 15.0. The molecule has 1 atom stereocenters. The maximum absolute atomic E-state index is 13.3. The number of carbonyl (C=O) groups is 1. The molecule has 24 heavy (non-hydrogen) atoms. The first-order valence-corrected chi connectivity index (χ1v) is 8.56. The molecule has 1 fully saturated rings. The van der Waals surface area contributed by atoms with Crippen molar-refractivity contribution < 1.29 is 9.18 Å². The summed E-state index contributed by atoms with van der Waals surface area (Å²) < 4.78 is 13.3. The third-order valence-electron chi connectivity index (χ3n) is 5.20. The normalized spacial score (nSPS) is 20.9. The molecule has 1 saturated heterocycles. The van der Waals surface area contributed by atoms with Crippen LogP contribution in [0.5, 0.6) is 0 Å². The molecule has 0 aliphatic carbocycles. The monoisotopic (exact) mass is 324 g/mol. The molecule has 4 rings (SSSR count). The fraction of sp³-hybridized carbons (Fsp3) is 0.350. The van der Waals surface area contributed by atoms with Crippen molar-refractivity contribution in [2.75, 3.05) is 19.6 Å². The van der Waals surface area contributed by atoms with Crippen LogP contribution in [-0.2, 0) is 13.0 Å². The summed E-state index contributed by atoms with van der Waals surface area (Å²) in [5.74, 6) is -0.418. The molecular formula is C20H21FN2O. The standard InChI is InChI=1S/C20H21FN2O/c21-18-7-3-6-16(12-18)20(24)23-11-9-19(14-23)22-10-8-15-4-1-2-5-17(15)13-22/h1-7,12,19H,8-11,13-14H2. The van der Waals surface area contributed by atoms with Crippen LogP contribution in [0.25, 0.3) is 0 Å². The minimum absolute atomic E-state index is 0.0607. The molecule has 1 unspecified atom stereocenters. The molecule has 3 nitrogen and oxygen atoms in total. The number of benzene rings is 2. The van der Waals surface area contributed by atoms with E-state index in [9.17, 15) is 9.18 Å². The van der Waals surface area contributed by atoms with Crippen LogP contribution < -0.4 is 0 Å². The lowest BCUT2D eigenvalue weighted by molar-refractivity contribution is 0.0773. The van der Waals surface area contributed by atoms with E-state index in [0.29, 0.717) is 11.6 Å². The lowest BCUT2D eigenvalue weighted by Crippen LogP contribution is -2.41. The van der Waals surface area contributed by atoms with E-state index in [1.165, 1.54) is 23.3 Å². The van der Waals surface area contributed by atoms with Gasteiger partial charge in [0.05, 0.1) is 0 Å². The molecule has 2 aliphatic heterocycles. The van der Waals surface area contributed by atoms with Crippen LogP contribution in [0.4, 0.5) is 4.39 Å². The fourth-order valence-electron chi connectivity index (χ4n) is 3.86. The molecule has 124 valence electrons. The molecule has 0 saturated carbocycles. The zero-order valence-electron chi connectivity index (χ0n) is 13.6. The van der Waals surface area contributed by atoms with Gasteiger partial charge in [-0.3, -0.25) is 9.69 Å². The lowest BCUT2D eigenvalue weighted by Gasteiger charge is -2.33.